The normalized spacial score (nSPS) is 18.2. The molecule has 98 valence electrons. The summed E-state index contributed by atoms with van der Waals surface area (Å²) in [5.41, 5.74) is 11.0. The van der Waals surface area contributed by atoms with Crippen LogP contribution in [0.15, 0.2) is 48.5 Å². The van der Waals surface area contributed by atoms with Gasteiger partial charge in [-0.15, -0.1) is 0 Å². The van der Waals surface area contributed by atoms with Crippen molar-refractivity contribution in [1.82, 2.24) is 0 Å². The molecule has 1 aliphatic heterocycles. The average Bonchev–Trinajstić information content (AvgIpc) is 2.44. The van der Waals surface area contributed by atoms with Crippen LogP contribution in [0.3, 0.4) is 0 Å². The predicted molar refractivity (Wildman–Crippen MR) is 81.3 cm³/mol. The van der Waals surface area contributed by atoms with Crippen LogP contribution < -0.4 is 10.6 Å². The third-order valence-electron chi connectivity index (χ3n) is 4.06. The summed E-state index contributed by atoms with van der Waals surface area (Å²) in [6.07, 6.45) is 2.39. The van der Waals surface area contributed by atoms with E-state index in [1.54, 1.807) is 0 Å². The van der Waals surface area contributed by atoms with Gasteiger partial charge in [0.2, 0.25) is 0 Å². The van der Waals surface area contributed by atoms with Crippen LogP contribution in [0.4, 0.5) is 11.4 Å². The minimum Gasteiger partial charge on any atom is -0.398 e. The number of fused-ring (bicyclic) bond motifs is 1. The molecule has 0 amide bonds. The van der Waals surface area contributed by atoms with E-state index in [2.05, 4.69) is 48.2 Å². The molecule has 2 heteroatoms. The first-order valence-corrected chi connectivity index (χ1v) is 6.93. The Morgan fingerprint density at radius 2 is 1.84 bits per heavy atom. The van der Waals surface area contributed by atoms with E-state index in [9.17, 15) is 0 Å². The molecule has 19 heavy (non-hydrogen) atoms. The number of nitrogens with zero attached hydrogens (tertiary/aromatic N) is 1. The summed E-state index contributed by atoms with van der Waals surface area (Å²) >= 11 is 0. The zero-order valence-electron chi connectivity index (χ0n) is 11.3. The minimum atomic E-state index is 0.564. The Morgan fingerprint density at radius 3 is 2.68 bits per heavy atom. The quantitative estimate of drug-likeness (QED) is 0.827. The first-order chi connectivity index (χ1) is 9.25. The molecular weight excluding hydrogens is 232 g/mol. The molecule has 0 spiro atoms. The van der Waals surface area contributed by atoms with Crippen LogP contribution in [0, 0.1) is 0 Å². The smallest absolute Gasteiger partial charge is 0.0452 e. The third kappa shape index (κ3) is 2.30. The minimum absolute atomic E-state index is 0.564. The lowest BCUT2D eigenvalue weighted by Crippen LogP contribution is -2.36. The SMILES string of the molecule is CC1CCc2ccccc2N1Cc1ccccc1N. The van der Waals surface area contributed by atoms with Gasteiger partial charge >= 0.3 is 0 Å². The van der Waals surface area contributed by atoms with E-state index in [0.29, 0.717) is 6.04 Å². The zero-order chi connectivity index (χ0) is 13.2. The summed E-state index contributed by atoms with van der Waals surface area (Å²) in [4.78, 5) is 2.48. The molecule has 2 aromatic carbocycles. The van der Waals surface area contributed by atoms with Crippen molar-refractivity contribution in [2.24, 2.45) is 0 Å². The Morgan fingerprint density at radius 1 is 1.11 bits per heavy atom. The molecule has 3 rings (SSSR count). The van der Waals surface area contributed by atoms with Crippen molar-refractivity contribution in [1.29, 1.82) is 0 Å². The molecule has 1 aliphatic rings. The summed E-state index contributed by atoms with van der Waals surface area (Å²) in [7, 11) is 0. The Balaban J connectivity index is 1.94. The largest absolute Gasteiger partial charge is 0.398 e. The first kappa shape index (κ1) is 12.1. The summed E-state index contributed by atoms with van der Waals surface area (Å²) in [6.45, 7) is 3.19. The monoisotopic (exact) mass is 252 g/mol. The Bertz CT molecular complexity index is 577. The van der Waals surface area contributed by atoms with E-state index >= 15 is 0 Å². The highest BCUT2D eigenvalue weighted by molar-refractivity contribution is 5.58. The maximum atomic E-state index is 6.08. The standard InChI is InChI=1S/C17H20N2/c1-13-10-11-14-6-3-5-9-17(14)19(13)12-15-7-2-4-8-16(15)18/h2-9,13H,10-12,18H2,1H3. The van der Waals surface area contributed by atoms with Gasteiger partial charge in [-0.25, -0.2) is 0 Å². The van der Waals surface area contributed by atoms with Gasteiger partial charge in [0.1, 0.15) is 0 Å². The fourth-order valence-electron chi connectivity index (χ4n) is 2.86. The number of para-hydroxylation sites is 2. The molecule has 2 aromatic rings. The maximum absolute atomic E-state index is 6.08. The van der Waals surface area contributed by atoms with Gasteiger partial charge in [0.25, 0.3) is 0 Å². The van der Waals surface area contributed by atoms with Gasteiger partial charge in [0, 0.05) is 24.0 Å². The van der Waals surface area contributed by atoms with Crippen molar-refractivity contribution in [2.75, 3.05) is 10.6 Å². The van der Waals surface area contributed by atoms with Crippen molar-refractivity contribution in [3.8, 4) is 0 Å². The number of benzene rings is 2. The van der Waals surface area contributed by atoms with Crippen molar-refractivity contribution < 1.29 is 0 Å². The number of anilines is 2. The second kappa shape index (κ2) is 4.96. The second-order valence-corrected chi connectivity index (χ2v) is 5.34. The van der Waals surface area contributed by atoms with E-state index in [1.807, 2.05) is 12.1 Å². The number of nitrogens with two attached hydrogens (primary N) is 1. The lowest BCUT2D eigenvalue weighted by atomic mass is 9.96. The fourth-order valence-corrected chi connectivity index (χ4v) is 2.86. The highest BCUT2D eigenvalue weighted by atomic mass is 15.2. The van der Waals surface area contributed by atoms with Crippen LogP contribution in [0.25, 0.3) is 0 Å². The molecule has 0 aromatic heterocycles. The van der Waals surface area contributed by atoms with Crippen molar-refractivity contribution in [3.63, 3.8) is 0 Å². The van der Waals surface area contributed by atoms with Gasteiger partial charge in [-0.2, -0.15) is 0 Å². The fraction of sp³-hybridized carbons (Fsp3) is 0.294. The van der Waals surface area contributed by atoms with Gasteiger partial charge < -0.3 is 10.6 Å². The molecular formula is C17H20N2. The van der Waals surface area contributed by atoms with Crippen LogP contribution >= 0.6 is 0 Å². The zero-order valence-corrected chi connectivity index (χ0v) is 11.3. The molecule has 0 radical (unpaired) electrons. The van der Waals surface area contributed by atoms with Crippen LogP contribution in [0.1, 0.15) is 24.5 Å². The Hall–Kier alpha value is -1.96. The summed E-state index contributed by atoms with van der Waals surface area (Å²) in [5, 5.41) is 0. The highest BCUT2D eigenvalue weighted by Crippen LogP contribution is 2.32. The second-order valence-electron chi connectivity index (χ2n) is 5.34. The molecule has 1 atom stereocenters. The molecule has 0 saturated carbocycles. The summed E-state index contributed by atoms with van der Waals surface area (Å²) in [6, 6.07) is 17.4. The van der Waals surface area contributed by atoms with Crippen LogP contribution in [-0.4, -0.2) is 6.04 Å². The number of rotatable bonds is 2. The maximum Gasteiger partial charge on any atom is 0.0452 e. The predicted octanol–water partition coefficient (Wildman–Crippen LogP) is 3.61. The highest BCUT2D eigenvalue weighted by Gasteiger charge is 2.22. The van der Waals surface area contributed by atoms with Crippen molar-refractivity contribution in [2.45, 2.75) is 32.4 Å². The molecule has 0 saturated heterocycles. The van der Waals surface area contributed by atoms with Gasteiger partial charge in [0.15, 0.2) is 0 Å². The topological polar surface area (TPSA) is 29.3 Å². The van der Waals surface area contributed by atoms with Crippen molar-refractivity contribution >= 4 is 11.4 Å². The number of hydrogen-bond donors (Lipinski definition) is 1. The molecule has 2 nitrogen and oxygen atoms in total. The van der Waals surface area contributed by atoms with Gasteiger partial charge in [-0.3, -0.25) is 0 Å². The van der Waals surface area contributed by atoms with E-state index in [0.717, 1.165) is 12.2 Å². The number of nitrogen functional groups attached to an aromatic ring is 1. The van der Waals surface area contributed by atoms with Gasteiger partial charge in [-0.1, -0.05) is 36.4 Å². The molecule has 0 fully saturated rings. The molecule has 0 aliphatic carbocycles. The van der Waals surface area contributed by atoms with Gasteiger partial charge in [0.05, 0.1) is 0 Å². The van der Waals surface area contributed by atoms with Crippen LogP contribution in [0.5, 0.6) is 0 Å². The molecule has 1 heterocycles. The van der Waals surface area contributed by atoms with E-state index in [-0.39, 0.29) is 0 Å². The first-order valence-electron chi connectivity index (χ1n) is 6.93. The Labute approximate surface area is 114 Å². The molecule has 0 bridgehead atoms. The van der Waals surface area contributed by atoms with Crippen molar-refractivity contribution in [3.05, 3.63) is 59.7 Å². The lowest BCUT2D eigenvalue weighted by Gasteiger charge is -2.37. The number of hydrogen-bond acceptors (Lipinski definition) is 2. The van der Waals surface area contributed by atoms with Gasteiger partial charge in [-0.05, 0) is 43.0 Å². The number of aryl methyl sites for hydroxylation is 1. The van der Waals surface area contributed by atoms with E-state index < -0.39 is 0 Å². The van der Waals surface area contributed by atoms with E-state index in [4.69, 9.17) is 5.73 Å². The van der Waals surface area contributed by atoms with E-state index in [1.165, 1.54) is 29.7 Å². The average molecular weight is 252 g/mol. The van der Waals surface area contributed by atoms with Crippen LogP contribution in [0.2, 0.25) is 0 Å². The lowest BCUT2D eigenvalue weighted by molar-refractivity contribution is 0.560. The summed E-state index contributed by atoms with van der Waals surface area (Å²) < 4.78 is 0. The Kier molecular flexibility index (Phi) is 3.16. The molecule has 1 unspecified atom stereocenters. The molecule has 2 N–H and O–H groups in total. The summed E-state index contributed by atoms with van der Waals surface area (Å²) in [5.74, 6) is 0. The van der Waals surface area contributed by atoms with Crippen LogP contribution in [-0.2, 0) is 13.0 Å². The third-order valence-corrected chi connectivity index (χ3v) is 4.06.